The molecule has 0 saturated carbocycles. The molecule has 0 aliphatic carbocycles. The Balaban J connectivity index is -0.000000540. The molecule has 0 aliphatic rings. The molecule has 0 heterocycles. The zero-order valence-electron chi connectivity index (χ0n) is 38.0. The topological polar surface area (TPSA) is 228 Å². The number of aliphatic carboxylic acids is 2. The lowest BCUT2D eigenvalue weighted by Crippen LogP contribution is -2.30. The number of hydrogen-bond acceptors (Lipinski definition) is 12. The number of rotatable bonds is 30. The summed E-state index contributed by atoms with van der Waals surface area (Å²) in [5.74, 6) is -0.0498. The van der Waals surface area contributed by atoms with Crippen LogP contribution in [0.25, 0.3) is 0 Å². The maximum atomic E-state index is 12.6. The Bertz CT molecular complexity index is 1150. The second-order valence-electron chi connectivity index (χ2n) is 13.0. The first-order valence-electron chi connectivity index (χ1n) is 21.1. The summed E-state index contributed by atoms with van der Waals surface area (Å²) in [5.41, 5.74) is 0.286. The van der Waals surface area contributed by atoms with E-state index in [1.807, 2.05) is 13.8 Å². The van der Waals surface area contributed by atoms with Gasteiger partial charge in [-0.2, -0.15) is 0 Å². The van der Waals surface area contributed by atoms with Crippen LogP contribution in [-0.4, -0.2) is 87.9 Å². The quantitative estimate of drug-likeness (QED) is 0.0155. The maximum absolute atomic E-state index is 12.6. The fourth-order valence-corrected chi connectivity index (χ4v) is 5.23. The molecular weight excluding hydrogens is 864 g/mol. The lowest BCUT2D eigenvalue weighted by Gasteiger charge is -2.12. The molecule has 9 N–H and O–H groups in total. The number of unbranched alkanes of at least 4 members (excludes halogenated alkanes) is 15. The van der Waals surface area contributed by atoms with E-state index < -0.39 is 29.9 Å². The lowest BCUT2D eigenvalue weighted by atomic mass is 10.0. The summed E-state index contributed by atoms with van der Waals surface area (Å²) in [6.45, 7) is 8.67. The van der Waals surface area contributed by atoms with Gasteiger partial charge >= 0.3 is 17.9 Å². The predicted octanol–water partition coefficient (Wildman–Crippen LogP) is 11.8. The van der Waals surface area contributed by atoms with Gasteiger partial charge in [-0.05, 0) is 75.3 Å². The highest BCUT2D eigenvalue weighted by atomic mass is 33.1. The smallest absolute Gasteiger partial charge is 0.335 e. The number of nitrogens with one attached hydrogen (secondary N) is 3. The van der Waals surface area contributed by atoms with E-state index in [0.29, 0.717) is 32.2 Å². The molecule has 2 unspecified atom stereocenters. The van der Waals surface area contributed by atoms with Crippen molar-refractivity contribution in [2.45, 2.75) is 169 Å². The van der Waals surface area contributed by atoms with Crippen LogP contribution in [0.4, 0.5) is 5.69 Å². The van der Waals surface area contributed by atoms with Crippen LogP contribution in [0.5, 0.6) is 0 Å². The molecule has 1 aromatic carbocycles. The molecule has 13 nitrogen and oxygen atoms in total. The third-order valence-electron chi connectivity index (χ3n) is 8.31. The van der Waals surface area contributed by atoms with Crippen LogP contribution in [0.15, 0.2) is 18.2 Å². The van der Waals surface area contributed by atoms with Crippen LogP contribution in [0.3, 0.4) is 0 Å². The van der Waals surface area contributed by atoms with E-state index in [9.17, 15) is 29.1 Å². The zero-order chi connectivity index (χ0) is 46.8. The first-order chi connectivity index (χ1) is 28.9. The first kappa shape index (κ1) is 67.4. The van der Waals surface area contributed by atoms with Gasteiger partial charge in [0.1, 0.15) is 6.04 Å². The van der Waals surface area contributed by atoms with Gasteiger partial charge in [-0.1, -0.05) is 170 Å². The van der Waals surface area contributed by atoms with Crippen LogP contribution in [-0.2, 0) is 14.4 Å². The Labute approximate surface area is 381 Å². The molecule has 1 rings (SSSR count). The van der Waals surface area contributed by atoms with Crippen molar-refractivity contribution in [2.75, 3.05) is 36.9 Å². The van der Waals surface area contributed by atoms with Crippen LogP contribution in [0.1, 0.15) is 183 Å². The summed E-state index contributed by atoms with van der Waals surface area (Å²) < 4.78 is 0. The normalized spacial score (nSPS) is 10.2. The van der Waals surface area contributed by atoms with E-state index >= 15 is 0 Å². The minimum atomic E-state index is -1.20. The van der Waals surface area contributed by atoms with Crippen molar-refractivity contribution in [2.24, 2.45) is 5.90 Å². The van der Waals surface area contributed by atoms with Gasteiger partial charge in [-0.3, -0.25) is 24.3 Å². The van der Waals surface area contributed by atoms with E-state index in [-0.39, 0.29) is 29.1 Å². The number of benzene rings is 1. The monoisotopic (exact) mass is 946 g/mol. The minimum absolute atomic E-state index is 0.100. The molecule has 0 aliphatic heterocycles. The highest BCUT2D eigenvalue weighted by molar-refractivity contribution is 8.76. The van der Waals surface area contributed by atoms with Crippen molar-refractivity contribution in [1.82, 2.24) is 10.4 Å². The number of aromatic carboxylic acids is 1. The van der Waals surface area contributed by atoms with Gasteiger partial charge in [-0.25, -0.2) is 10.7 Å². The van der Waals surface area contributed by atoms with Gasteiger partial charge in [0.15, 0.2) is 0 Å². The summed E-state index contributed by atoms with van der Waals surface area (Å²) in [7, 11) is 9.28. The Morgan fingerprint density at radius 3 is 1.37 bits per heavy atom. The maximum Gasteiger partial charge on any atom is 0.335 e. The number of carbonyl (C=O) groups excluding carboxylic acids is 2. The van der Waals surface area contributed by atoms with Crippen LogP contribution < -0.4 is 21.6 Å². The second kappa shape index (κ2) is 55.3. The van der Waals surface area contributed by atoms with Gasteiger partial charge in [0.05, 0.1) is 5.56 Å². The first-order valence-corrected chi connectivity index (χ1v) is 27.7. The number of anilines is 1. The number of carboxylic acids is 3. The van der Waals surface area contributed by atoms with Crippen molar-refractivity contribution in [3.63, 3.8) is 0 Å². The Kier molecular flexibility index (Phi) is 62.1. The van der Waals surface area contributed by atoms with Gasteiger partial charge in [-0.15, -0.1) is 0 Å². The summed E-state index contributed by atoms with van der Waals surface area (Å²) in [4.78, 5) is 58.2. The van der Waals surface area contributed by atoms with Gasteiger partial charge < -0.3 is 31.2 Å². The van der Waals surface area contributed by atoms with Crippen molar-refractivity contribution in [3.05, 3.63) is 29.3 Å². The Morgan fingerprint density at radius 1 is 0.617 bits per heavy atom. The summed E-state index contributed by atoms with van der Waals surface area (Å²) >= 11 is 0. The predicted molar refractivity (Wildman–Crippen MR) is 266 cm³/mol. The Morgan fingerprint density at radius 2 is 1.02 bits per heavy atom. The fraction of sp³-hybridized carbons (Fsp3) is 0.738. The van der Waals surface area contributed by atoms with Crippen LogP contribution >= 0.6 is 52.6 Å². The molecule has 60 heavy (non-hydrogen) atoms. The number of carbonyl (C=O) groups is 5. The molecule has 2 atom stereocenters. The molecular formula is C42H83N4O9PS4. The van der Waals surface area contributed by atoms with E-state index in [1.54, 1.807) is 43.2 Å². The van der Waals surface area contributed by atoms with Crippen molar-refractivity contribution in [1.29, 1.82) is 0 Å². The highest BCUT2D eigenvalue weighted by Gasteiger charge is 2.15. The average Bonchev–Trinajstić information content (AvgIpc) is 3.25. The number of nitrogens with two attached hydrogens (primary N) is 1. The number of amides is 2. The van der Waals surface area contributed by atoms with Gasteiger partial charge in [0, 0.05) is 30.6 Å². The van der Waals surface area contributed by atoms with Crippen LogP contribution in [0, 0.1) is 0 Å². The third kappa shape index (κ3) is 50.6. The summed E-state index contributed by atoms with van der Waals surface area (Å²) in [5, 5.41) is 41.7. The Hall–Kier alpha value is -1.72. The van der Waals surface area contributed by atoms with Gasteiger partial charge in [0.25, 0.3) is 5.91 Å². The molecule has 0 saturated heterocycles. The van der Waals surface area contributed by atoms with E-state index in [0.717, 1.165) is 44.9 Å². The van der Waals surface area contributed by atoms with E-state index in [1.165, 1.54) is 76.0 Å². The summed E-state index contributed by atoms with van der Waals surface area (Å²) in [6, 6.07) is 3.38. The second-order valence-corrected chi connectivity index (χ2v) is 18.6. The molecule has 18 heteroatoms. The van der Waals surface area contributed by atoms with E-state index in [4.69, 9.17) is 15.4 Å². The SMILES string of the molecule is CC.CCCC.CSSC.CSSC.NO.O=C(O)CCCCCCCCCCCCCCCCC(=O)Nc1cc(C(=O)O)cc(C(=O)NCCCCC(NP)C(=O)O)c1. The molecule has 2 amide bonds. The van der Waals surface area contributed by atoms with Crippen molar-refractivity contribution >= 4 is 88.0 Å². The average molecular weight is 947 g/mol. The lowest BCUT2D eigenvalue weighted by molar-refractivity contribution is -0.139. The fourth-order valence-electron chi connectivity index (χ4n) is 4.92. The molecule has 354 valence electrons. The molecule has 0 aromatic heterocycles. The molecule has 0 bridgehead atoms. The van der Waals surface area contributed by atoms with Crippen LogP contribution in [0.2, 0.25) is 0 Å². The minimum Gasteiger partial charge on any atom is -0.481 e. The highest BCUT2D eigenvalue weighted by Crippen LogP contribution is 2.18. The number of carboxylic acid groups (broad SMARTS) is 3. The third-order valence-corrected chi connectivity index (χ3v) is 11.4. The van der Waals surface area contributed by atoms with E-state index in [2.05, 4.69) is 69.9 Å². The van der Waals surface area contributed by atoms with Gasteiger partial charge in [0.2, 0.25) is 5.91 Å². The van der Waals surface area contributed by atoms with Crippen molar-refractivity contribution in [3.8, 4) is 0 Å². The van der Waals surface area contributed by atoms with Crippen molar-refractivity contribution < 1.29 is 44.5 Å². The largest absolute Gasteiger partial charge is 0.481 e. The molecule has 1 aromatic rings. The number of hydrogen-bond donors (Lipinski definition) is 8. The standard InChI is InChI=1S/C32H52N3O8P.C4H10.2C2H6S2.C2H6.H3NO/c36-28(18-13-11-9-7-5-3-1-2-4-6-8-10-12-14-19-29(37)38)34-26-22-24(21-25(23-26)31(40)41)30(39)33-20-16-15-17-27(35-44)32(42)43;3*1-3-4-2;2*1-2/h21-23,27,35H,1-20,44H2,(H,33,39)(H,34,36)(H,37,38)(H,40,41)(H,42,43);3-4H2,1-2H3;2*1-2H3;1-2H3;2H,1H2. The molecule has 0 fully saturated rings. The molecule has 0 spiro atoms. The zero-order valence-corrected chi connectivity index (χ0v) is 42.4. The molecule has 0 radical (unpaired) electrons. The summed E-state index contributed by atoms with van der Waals surface area (Å²) in [6.07, 6.45) is 28.3.